The minimum Gasteiger partial charge on any atom is -0.437 e. The Kier molecular flexibility index (Phi) is 4.40. The molecule has 15 heteroatoms. The van der Waals surface area contributed by atoms with E-state index in [-0.39, 0.29) is 22.1 Å². The highest BCUT2D eigenvalue weighted by Gasteiger charge is 2.34. The van der Waals surface area contributed by atoms with Gasteiger partial charge in [0.2, 0.25) is 0 Å². The predicted molar refractivity (Wildman–Crippen MR) is 81.4 cm³/mol. The monoisotopic (exact) mass is 436 g/mol. The number of aromatic nitrogens is 6. The SMILES string of the molecule is FC(F)(F)c1ccn(-c2coc(Sc3nc(-n4ccc(C(F)(F)F)n4)co3)n2)n1. The lowest BCUT2D eigenvalue weighted by Gasteiger charge is -2.00. The zero-order valence-electron chi connectivity index (χ0n) is 13.6. The van der Waals surface area contributed by atoms with Gasteiger partial charge in [-0.25, -0.2) is 9.36 Å². The number of oxazole rings is 2. The zero-order chi connectivity index (χ0) is 20.8. The van der Waals surface area contributed by atoms with E-state index in [1.807, 2.05) is 0 Å². The van der Waals surface area contributed by atoms with Crippen LogP contribution in [0.3, 0.4) is 0 Å². The third kappa shape index (κ3) is 3.98. The minimum absolute atomic E-state index is 0.0170. The Hall–Kier alpha value is -3.23. The molecule has 0 bridgehead atoms. The Morgan fingerprint density at radius 1 is 0.724 bits per heavy atom. The van der Waals surface area contributed by atoms with Gasteiger partial charge < -0.3 is 8.83 Å². The third-order valence-electron chi connectivity index (χ3n) is 3.35. The first-order valence-corrected chi connectivity index (χ1v) is 8.26. The summed E-state index contributed by atoms with van der Waals surface area (Å²) in [5, 5.41) is 6.64. The smallest absolute Gasteiger partial charge is 0.435 e. The Balaban J connectivity index is 1.49. The first kappa shape index (κ1) is 19.1. The van der Waals surface area contributed by atoms with Gasteiger partial charge >= 0.3 is 12.4 Å². The van der Waals surface area contributed by atoms with Crippen LogP contribution in [0, 0.1) is 0 Å². The Bertz CT molecular complexity index is 1050. The summed E-state index contributed by atoms with van der Waals surface area (Å²) >= 11 is 0.761. The summed E-state index contributed by atoms with van der Waals surface area (Å²) in [5.41, 5.74) is -2.19. The maximum atomic E-state index is 12.6. The maximum Gasteiger partial charge on any atom is 0.435 e. The lowest BCUT2D eigenvalue weighted by Crippen LogP contribution is -2.07. The molecule has 0 fully saturated rings. The molecule has 0 aliphatic heterocycles. The van der Waals surface area contributed by atoms with Crippen molar-refractivity contribution in [2.24, 2.45) is 0 Å². The fraction of sp³-hybridized carbons (Fsp3) is 0.143. The molecule has 0 saturated carbocycles. The van der Waals surface area contributed by atoms with Crippen molar-refractivity contribution < 1.29 is 35.2 Å². The van der Waals surface area contributed by atoms with Gasteiger partial charge in [-0.15, -0.1) is 0 Å². The van der Waals surface area contributed by atoms with E-state index in [1.165, 1.54) is 0 Å². The third-order valence-corrected chi connectivity index (χ3v) is 4.07. The maximum absolute atomic E-state index is 12.6. The zero-order valence-corrected chi connectivity index (χ0v) is 14.5. The van der Waals surface area contributed by atoms with Crippen LogP contribution in [0.5, 0.6) is 0 Å². The van der Waals surface area contributed by atoms with Crippen LogP contribution in [-0.4, -0.2) is 29.5 Å². The first-order chi connectivity index (χ1) is 13.6. The molecule has 4 rings (SSSR count). The molecule has 0 radical (unpaired) electrons. The minimum atomic E-state index is -4.60. The summed E-state index contributed by atoms with van der Waals surface area (Å²) in [6, 6.07) is 1.56. The fourth-order valence-corrected chi connectivity index (χ4v) is 2.70. The summed E-state index contributed by atoms with van der Waals surface area (Å²) in [6.45, 7) is 0. The van der Waals surface area contributed by atoms with E-state index in [4.69, 9.17) is 8.83 Å². The highest BCUT2D eigenvalue weighted by molar-refractivity contribution is 7.98. The van der Waals surface area contributed by atoms with E-state index < -0.39 is 23.7 Å². The molecule has 4 heterocycles. The molecule has 29 heavy (non-hydrogen) atoms. The van der Waals surface area contributed by atoms with E-state index in [0.717, 1.165) is 58.2 Å². The standard InChI is InChI=1S/C14H6F6N6O2S/c15-13(16,17)7-1-3-25(23-7)9-5-27-11(21-9)29-12-22-10(6-28-12)26-4-2-8(24-26)14(18,19)20/h1-6H. The van der Waals surface area contributed by atoms with Crippen LogP contribution < -0.4 is 0 Å². The second-order valence-electron chi connectivity index (χ2n) is 5.33. The van der Waals surface area contributed by atoms with Crippen molar-refractivity contribution in [3.05, 3.63) is 48.4 Å². The lowest BCUT2D eigenvalue weighted by atomic mass is 10.4. The Labute approximate surface area is 160 Å². The van der Waals surface area contributed by atoms with Gasteiger partial charge in [-0.3, -0.25) is 0 Å². The number of nitrogens with zero attached hydrogens (tertiary/aromatic N) is 6. The van der Waals surface area contributed by atoms with Crippen LogP contribution >= 0.6 is 11.8 Å². The average molecular weight is 436 g/mol. The molecule has 4 aromatic heterocycles. The van der Waals surface area contributed by atoms with Crippen molar-refractivity contribution in [1.29, 1.82) is 0 Å². The number of halogens is 6. The van der Waals surface area contributed by atoms with Crippen molar-refractivity contribution in [3.8, 4) is 11.6 Å². The largest absolute Gasteiger partial charge is 0.437 e. The van der Waals surface area contributed by atoms with E-state index in [1.54, 1.807) is 0 Å². The number of hydrogen-bond donors (Lipinski definition) is 0. The molecule has 0 aliphatic rings. The molecule has 8 nitrogen and oxygen atoms in total. The van der Waals surface area contributed by atoms with Crippen LogP contribution in [-0.2, 0) is 12.4 Å². The van der Waals surface area contributed by atoms with Crippen molar-refractivity contribution in [2.45, 2.75) is 22.8 Å². The van der Waals surface area contributed by atoms with Gasteiger partial charge in [0.1, 0.15) is 12.5 Å². The van der Waals surface area contributed by atoms with E-state index in [2.05, 4.69) is 20.2 Å². The molecule has 0 aromatic carbocycles. The van der Waals surface area contributed by atoms with E-state index >= 15 is 0 Å². The normalized spacial score (nSPS) is 12.6. The average Bonchev–Trinajstić information content (AvgIpc) is 3.40. The molecular formula is C14H6F6N6O2S. The summed E-state index contributed by atoms with van der Waals surface area (Å²) in [5.74, 6) is -0.0339. The molecule has 0 aliphatic carbocycles. The van der Waals surface area contributed by atoms with Crippen molar-refractivity contribution in [2.75, 3.05) is 0 Å². The van der Waals surface area contributed by atoms with E-state index in [9.17, 15) is 26.3 Å². The Morgan fingerprint density at radius 3 is 1.48 bits per heavy atom. The molecule has 0 saturated heterocycles. The van der Waals surface area contributed by atoms with Crippen LogP contribution in [0.2, 0.25) is 0 Å². The number of alkyl halides is 6. The summed E-state index contributed by atoms with van der Waals surface area (Å²) in [6.07, 6.45) is -4.92. The molecule has 0 N–H and O–H groups in total. The summed E-state index contributed by atoms with van der Waals surface area (Å²) < 4.78 is 87.6. The van der Waals surface area contributed by atoms with Gasteiger partial charge in [0.05, 0.1) is 0 Å². The molecule has 0 atom stereocenters. The van der Waals surface area contributed by atoms with Gasteiger partial charge in [0.15, 0.2) is 23.0 Å². The van der Waals surface area contributed by atoms with Gasteiger partial charge in [-0.05, 0) is 12.1 Å². The van der Waals surface area contributed by atoms with Gasteiger partial charge in [-0.1, -0.05) is 0 Å². The summed E-state index contributed by atoms with van der Waals surface area (Å²) in [4.78, 5) is 7.90. The highest BCUT2D eigenvalue weighted by Crippen LogP contribution is 2.31. The second-order valence-corrected chi connectivity index (χ2v) is 6.23. The quantitative estimate of drug-likeness (QED) is 0.443. The number of rotatable bonds is 4. The van der Waals surface area contributed by atoms with Gasteiger partial charge in [0, 0.05) is 24.2 Å². The van der Waals surface area contributed by atoms with Gasteiger partial charge in [-0.2, -0.15) is 46.5 Å². The Morgan fingerprint density at radius 2 is 1.14 bits per heavy atom. The van der Waals surface area contributed by atoms with Crippen LogP contribution in [0.25, 0.3) is 11.6 Å². The second kappa shape index (κ2) is 6.68. The first-order valence-electron chi connectivity index (χ1n) is 7.45. The van der Waals surface area contributed by atoms with Crippen molar-refractivity contribution >= 4 is 11.8 Å². The molecule has 0 amide bonds. The van der Waals surface area contributed by atoms with Gasteiger partial charge in [0.25, 0.3) is 10.4 Å². The van der Waals surface area contributed by atoms with E-state index in [0.29, 0.717) is 0 Å². The van der Waals surface area contributed by atoms with Crippen LogP contribution in [0.15, 0.2) is 56.3 Å². The predicted octanol–water partition coefficient (Wildman–Crippen LogP) is 4.22. The topological polar surface area (TPSA) is 87.7 Å². The van der Waals surface area contributed by atoms with Crippen LogP contribution in [0.4, 0.5) is 26.3 Å². The molecular weight excluding hydrogens is 430 g/mol. The summed E-state index contributed by atoms with van der Waals surface area (Å²) in [7, 11) is 0. The number of hydrogen-bond acceptors (Lipinski definition) is 7. The highest BCUT2D eigenvalue weighted by atomic mass is 32.2. The molecule has 4 aromatic rings. The lowest BCUT2D eigenvalue weighted by molar-refractivity contribution is -0.142. The molecule has 152 valence electrons. The van der Waals surface area contributed by atoms with Crippen molar-refractivity contribution in [1.82, 2.24) is 29.5 Å². The van der Waals surface area contributed by atoms with Crippen LogP contribution in [0.1, 0.15) is 11.4 Å². The fourth-order valence-electron chi connectivity index (χ4n) is 2.08. The van der Waals surface area contributed by atoms with Crippen molar-refractivity contribution in [3.63, 3.8) is 0 Å². The molecule has 0 spiro atoms. The molecule has 0 unspecified atom stereocenters.